The van der Waals surface area contributed by atoms with Gasteiger partial charge in [0.05, 0.1) is 0 Å². The minimum atomic E-state index is -1.68. The Morgan fingerprint density at radius 3 is 2.38 bits per heavy atom. The standard InChI is InChI=1S/C7H3ClF2O3/c8-4-3(11)1-2(7(12)13)5(9)6(4)10/h1,11H,(H,12,13). The highest BCUT2D eigenvalue weighted by molar-refractivity contribution is 6.32. The normalized spacial score (nSPS) is 10.1. The lowest BCUT2D eigenvalue weighted by Crippen LogP contribution is -2.03. The molecule has 3 nitrogen and oxygen atoms in total. The number of carboxylic acids is 1. The molecule has 13 heavy (non-hydrogen) atoms. The lowest BCUT2D eigenvalue weighted by atomic mass is 10.2. The van der Waals surface area contributed by atoms with E-state index < -0.39 is 33.9 Å². The van der Waals surface area contributed by atoms with Crippen LogP contribution in [0.4, 0.5) is 8.78 Å². The van der Waals surface area contributed by atoms with E-state index in [0.717, 1.165) is 0 Å². The van der Waals surface area contributed by atoms with Gasteiger partial charge >= 0.3 is 5.97 Å². The molecule has 1 aromatic carbocycles. The van der Waals surface area contributed by atoms with Gasteiger partial charge in [-0.2, -0.15) is 0 Å². The minimum absolute atomic E-state index is 0.545. The Kier molecular flexibility index (Phi) is 2.38. The zero-order chi connectivity index (χ0) is 10.2. The summed E-state index contributed by atoms with van der Waals surface area (Å²) in [5.74, 6) is -5.64. The number of carboxylic acid groups (broad SMARTS) is 1. The first-order chi connectivity index (χ1) is 5.95. The molecule has 0 unspecified atom stereocenters. The van der Waals surface area contributed by atoms with Crippen molar-refractivity contribution < 1.29 is 23.8 Å². The van der Waals surface area contributed by atoms with E-state index >= 15 is 0 Å². The van der Waals surface area contributed by atoms with Crippen molar-refractivity contribution in [2.45, 2.75) is 0 Å². The van der Waals surface area contributed by atoms with Crippen LogP contribution in [0, 0.1) is 11.6 Å². The largest absolute Gasteiger partial charge is 0.506 e. The van der Waals surface area contributed by atoms with E-state index in [-0.39, 0.29) is 0 Å². The van der Waals surface area contributed by atoms with Gasteiger partial charge in [-0.15, -0.1) is 0 Å². The number of phenolic OH excluding ortho intramolecular Hbond substituents is 1. The first-order valence-corrected chi connectivity index (χ1v) is 3.42. The predicted octanol–water partition coefficient (Wildman–Crippen LogP) is 2.02. The van der Waals surface area contributed by atoms with Gasteiger partial charge in [-0.05, 0) is 6.07 Å². The van der Waals surface area contributed by atoms with Crippen LogP contribution in [0.2, 0.25) is 5.02 Å². The smallest absolute Gasteiger partial charge is 0.338 e. The predicted molar refractivity (Wildman–Crippen MR) is 40.0 cm³/mol. The molecule has 6 heteroatoms. The van der Waals surface area contributed by atoms with Gasteiger partial charge in [-0.25, -0.2) is 13.6 Å². The number of phenols is 1. The van der Waals surface area contributed by atoms with Crippen LogP contribution >= 0.6 is 11.6 Å². The number of rotatable bonds is 1. The van der Waals surface area contributed by atoms with Crippen LogP contribution in [0.3, 0.4) is 0 Å². The lowest BCUT2D eigenvalue weighted by Gasteiger charge is -2.02. The molecule has 70 valence electrons. The van der Waals surface area contributed by atoms with Crippen molar-refractivity contribution in [3.8, 4) is 5.75 Å². The van der Waals surface area contributed by atoms with Gasteiger partial charge in [0.1, 0.15) is 16.3 Å². The number of hydrogen-bond acceptors (Lipinski definition) is 2. The molecule has 0 atom stereocenters. The van der Waals surface area contributed by atoms with E-state index in [0.29, 0.717) is 6.07 Å². The summed E-state index contributed by atoms with van der Waals surface area (Å²) in [4.78, 5) is 10.3. The summed E-state index contributed by atoms with van der Waals surface area (Å²) in [5.41, 5.74) is -0.959. The Balaban J connectivity index is 3.50. The maximum atomic E-state index is 12.7. The van der Waals surface area contributed by atoms with E-state index in [2.05, 4.69) is 0 Å². The highest BCUT2D eigenvalue weighted by Gasteiger charge is 2.20. The Morgan fingerprint density at radius 1 is 1.38 bits per heavy atom. The van der Waals surface area contributed by atoms with Crippen LogP contribution < -0.4 is 0 Å². The Bertz CT molecular complexity index is 378. The molecule has 0 aliphatic rings. The van der Waals surface area contributed by atoms with Crippen molar-refractivity contribution in [2.24, 2.45) is 0 Å². The Hall–Kier alpha value is -1.36. The average Bonchev–Trinajstić information content (AvgIpc) is 2.07. The summed E-state index contributed by atoms with van der Waals surface area (Å²) >= 11 is 5.10. The number of benzene rings is 1. The van der Waals surface area contributed by atoms with E-state index in [1.54, 1.807) is 0 Å². The second-order valence-corrected chi connectivity index (χ2v) is 2.57. The first kappa shape index (κ1) is 9.73. The second-order valence-electron chi connectivity index (χ2n) is 2.19. The second kappa shape index (κ2) is 3.18. The zero-order valence-electron chi connectivity index (χ0n) is 6.01. The molecule has 0 aliphatic carbocycles. The summed E-state index contributed by atoms with van der Waals surface area (Å²) in [5, 5.41) is 16.4. The van der Waals surface area contributed by atoms with Crippen LogP contribution in [0.25, 0.3) is 0 Å². The van der Waals surface area contributed by atoms with Crippen LogP contribution in [0.15, 0.2) is 6.07 Å². The van der Waals surface area contributed by atoms with E-state index in [1.165, 1.54) is 0 Å². The third-order valence-corrected chi connectivity index (χ3v) is 1.72. The highest BCUT2D eigenvalue weighted by atomic mass is 35.5. The van der Waals surface area contributed by atoms with Crippen LogP contribution in [-0.2, 0) is 0 Å². The van der Waals surface area contributed by atoms with Crippen LogP contribution in [0.5, 0.6) is 5.75 Å². The zero-order valence-corrected chi connectivity index (χ0v) is 6.77. The fourth-order valence-corrected chi connectivity index (χ4v) is 0.884. The van der Waals surface area contributed by atoms with Gasteiger partial charge < -0.3 is 10.2 Å². The Morgan fingerprint density at radius 2 is 1.92 bits per heavy atom. The van der Waals surface area contributed by atoms with Crippen molar-refractivity contribution in [1.82, 2.24) is 0 Å². The molecule has 0 amide bonds. The van der Waals surface area contributed by atoms with Gasteiger partial charge in [0.15, 0.2) is 11.6 Å². The lowest BCUT2D eigenvalue weighted by molar-refractivity contribution is 0.0690. The minimum Gasteiger partial charge on any atom is -0.506 e. The molecule has 0 aromatic heterocycles. The molecule has 0 saturated carbocycles. The van der Waals surface area contributed by atoms with E-state index in [1.807, 2.05) is 0 Å². The molecule has 0 bridgehead atoms. The van der Waals surface area contributed by atoms with Gasteiger partial charge in [0.25, 0.3) is 0 Å². The van der Waals surface area contributed by atoms with Gasteiger partial charge in [0.2, 0.25) is 0 Å². The summed E-state index contributed by atoms with van der Waals surface area (Å²) in [6.45, 7) is 0. The third kappa shape index (κ3) is 1.55. The average molecular weight is 209 g/mol. The Labute approximate surface area is 76.2 Å². The van der Waals surface area contributed by atoms with Crippen LogP contribution in [0.1, 0.15) is 10.4 Å². The van der Waals surface area contributed by atoms with Crippen molar-refractivity contribution in [3.63, 3.8) is 0 Å². The third-order valence-electron chi connectivity index (χ3n) is 1.36. The van der Waals surface area contributed by atoms with Crippen LogP contribution in [-0.4, -0.2) is 16.2 Å². The molecule has 0 saturated heterocycles. The number of carbonyl (C=O) groups is 1. The highest BCUT2D eigenvalue weighted by Crippen LogP contribution is 2.30. The SMILES string of the molecule is O=C(O)c1cc(O)c(Cl)c(F)c1F. The molecule has 0 fully saturated rings. The van der Waals surface area contributed by atoms with Gasteiger partial charge in [-0.1, -0.05) is 11.6 Å². The summed E-state index contributed by atoms with van der Waals surface area (Å²) < 4.78 is 25.4. The molecule has 0 heterocycles. The monoisotopic (exact) mass is 208 g/mol. The molecular weight excluding hydrogens is 206 g/mol. The topological polar surface area (TPSA) is 57.5 Å². The molecular formula is C7H3ClF2O3. The molecule has 0 spiro atoms. The fourth-order valence-electron chi connectivity index (χ4n) is 0.746. The maximum Gasteiger partial charge on any atom is 0.338 e. The molecule has 0 radical (unpaired) electrons. The van der Waals surface area contributed by atoms with E-state index in [4.69, 9.17) is 21.8 Å². The molecule has 1 rings (SSSR count). The van der Waals surface area contributed by atoms with E-state index in [9.17, 15) is 13.6 Å². The number of halogens is 3. The number of hydrogen-bond donors (Lipinski definition) is 2. The van der Waals surface area contributed by atoms with Gasteiger partial charge in [-0.3, -0.25) is 0 Å². The van der Waals surface area contributed by atoms with Gasteiger partial charge in [0, 0.05) is 0 Å². The summed E-state index contributed by atoms with van der Waals surface area (Å²) in [6.07, 6.45) is 0. The molecule has 0 aliphatic heterocycles. The number of aromatic carboxylic acids is 1. The van der Waals surface area contributed by atoms with Crippen molar-refractivity contribution >= 4 is 17.6 Å². The first-order valence-electron chi connectivity index (χ1n) is 3.05. The van der Waals surface area contributed by atoms with Crippen molar-refractivity contribution in [3.05, 3.63) is 28.3 Å². The number of aromatic hydroxyl groups is 1. The quantitative estimate of drug-likeness (QED) is 0.695. The maximum absolute atomic E-state index is 12.7. The molecule has 1 aromatic rings. The fraction of sp³-hybridized carbons (Fsp3) is 0. The summed E-state index contributed by atoms with van der Waals surface area (Å²) in [7, 11) is 0. The summed E-state index contributed by atoms with van der Waals surface area (Å²) in [6, 6.07) is 0.545. The van der Waals surface area contributed by atoms with Crippen molar-refractivity contribution in [2.75, 3.05) is 0 Å². The molecule has 2 N–H and O–H groups in total. The van der Waals surface area contributed by atoms with Crippen molar-refractivity contribution in [1.29, 1.82) is 0 Å².